The van der Waals surface area contributed by atoms with Crippen molar-refractivity contribution in [2.45, 2.75) is 31.8 Å². The number of carbonyl (C=O) groups is 2. The second kappa shape index (κ2) is 8.79. The number of nitrogens with one attached hydrogen (secondary N) is 2. The molecule has 8 nitrogen and oxygen atoms in total. The molecular weight excluding hydrogens is 406 g/mol. The summed E-state index contributed by atoms with van der Waals surface area (Å²) in [6, 6.07) is 7.43. The van der Waals surface area contributed by atoms with Crippen LogP contribution in [-0.4, -0.2) is 58.1 Å². The van der Waals surface area contributed by atoms with Crippen molar-refractivity contribution in [1.82, 2.24) is 25.3 Å². The largest absolute Gasteiger partial charge is 0.364 e. The van der Waals surface area contributed by atoms with E-state index in [0.29, 0.717) is 24.7 Å². The van der Waals surface area contributed by atoms with Gasteiger partial charge in [-0.3, -0.25) is 4.79 Å². The van der Waals surface area contributed by atoms with Gasteiger partial charge in [0.05, 0.1) is 25.2 Å². The zero-order valence-corrected chi connectivity index (χ0v) is 17.5. The van der Waals surface area contributed by atoms with E-state index in [4.69, 9.17) is 16.1 Å². The highest BCUT2D eigenvalue weighted by molar-refractivity contribution is 6.31. The minimum Gasteiger partial charge on any atom is -0.364 e. The number of hydrogen-bond donors (Lipinski definition) is 2. The van der Waals surface area contributed by atoms with Crippen LogP contribution in [0.15, 0.2) is 41.2 Å². The van der Waals surface area contributed by atoms with Gasteiger partial charge in [-0.25, -0.2) is 4.79 Å². The topological polar surface area (TPSA) is 94.5 Å². The number of H-pyrrole nitrogens is 1. The lowest BCUT2D eigenvalue weighted by atomic mass is 10.0. The number of aromatic nitrogens is 2. The maximum Gasteiger partial charge on any atom is 0.317 e. The van der Waals surface area contributed by atoms with Crippen LogP contribution in [0.3, 0.4) is 0 Å². The van der Waals surface area contributed by atoms with Crippen LogP contribution >= 0.6 is 11.6 Å². The van der Waals surface area contributed by atoms with Gasteiger partial charge in [0.25, 0.3) is 0 Å². The summed E-state index contributed by atoms with van der Waals surface area (Å²) in [7, 11) is 1.78. The van der Waals surface area contributed by atoms with Crippen LogP contribution in [0.5, 0.6) is 0 Å². The molecule has 0 aliphatic carbocycles. The molecule has 1 atom stereocenters. The van der Waals surface area contributed by atoms with Crippen molar-refractivity contribution in [3.63, 3.8) is 0 Å². The summed E-state index contributed by atoms with van der Waals surface area (Å²) >= 11 is 6.03. The van der Waals surface area contributed by atoms with E-state index in [1.54, 1.807) is 18.1 Å². The molecule has 30 heavy (non-hydrogen) atoms. The van der Waals surface area contributed by atoms with E-state index in [9.17, 15) is 9.59 Å². The van der Waals surface area contributed by atoms with Crippen molar-refractivity contribution in [3.8, 4) is 0 Å². The third-order valence-corrected chi connectivity index (χ3v) is 5.76. The lowest BCUT2D eigenvalue weighted by Gasteiger charge is -2.37. The van der Waals surface area contributed by atoms with Crippen molar-refractivity contribution in [2.75, 3.05) is 20.1 Å². The number of piperidine rings is 1. The first kappa shape index (κ1) is 20.3. The lowest BCUT2D eigenvalue weighted by Crippen LogP contribution is -2.52. The summed E-state index contributed by atoms with van der Waals surface area (Å²) in [4.78, 5) is 32.0. The Bertz CT molecular complexity index is 1030. The molecule has 1 aliphatic heterocycles. The zero-order valence-electron chi connectivity index (χ0n) is 16.7. The van der Waals surface area contributed by atoms with Crippen molar-refractivity contribution in [3.05, 3.63) is 53.0 Å². The van der Waals surface area contributed by atoms with Crippen molar-refractivity contribution in [2.24, 2.45) is 0 Å². The number of nitrogens with zero attached hydrogens (tertiary/aromatic N) is 3. The molecule has 3 aromatic rings. The Kier molecular flexibility index (Phi) is 5.94. The van der Waals surface area contributed by atoms with Crippen LogP contribution in [0.25, 0.3) is 10.9 Å². The Balaban J connectivity index is 1.31. The molecule has 0 radical (unpaired) electrons. The molecule has 0 spiro atoms. The fourth-order valence-corrected chi connectivity index (χ4v) is 4.00. The van der Waals surface area contributed by atoms with Crippen LogP contribution in [0, 0.1) is 0 Å². The predicted octanol–water partition coefficient (Wildman–Crippen LogP) is 3.18. The number of likely N-dealkylation sites (N-methyl/N-ethyl adjacent to an activating group) is 1. The molecule has 1 saturated heterocycles. The van der Waals surface area contributed by atoms with Crippen molar-refractivity contribution in [1.29, 1.82) is 0 Å². The van der Waals surface area contributed by atoms with E-state index < -0.39 is 0 Å². The highest BCUT2D eigenvalue weighted by atomic mass is 35.5. The second-order valence-corrected chi connectivity index (χ2v) is 8.08. The van der Waals surface area contributed by atoms with Gasteiger partial charge in [-0.1, -0.05) is 16.8 Å². The minimum atomic E-state index is -0.162. The van der Waals surface area contributed by atoms with Crippen molar-refractivity contribution >= 4 is 34.4 Å². The summed E-state index contributed by atoms with van der Waals surface area (Å²) in [6.07, 6.45) is 5.02. The third kappa shape index (κ3) is 4.59. The molecule has 2 N–H and O–H groups in total. The molecule has 2 aromatic heterocycles. The molecule has 3 amide bonds. The van der Waals surface area contributed by atoms with Gasteiger partial charge in [0.15, 0.2) is 0 Å². The van der Waals surface area contributed by atoms with Gasteiger partial charge in [-0.2, -0.15) is 0 Å². The molecule has 0 bridgehead atoms. The summed E-state index contributed by atoms with van der Waals surface area (Å²) in [5.74, 6) is 0.0217. The Hall–Kier alpha value is -3.00. The van der Waals surface area contributed by atoms with E-state index in [1.165, 1.54) is 6.26 Å². The average molecular weight is 430 g/mol. The van der Waals surface area contributed by atoms with Gasteiger partial charge in [0.2, 0.25) is 5.91 Å². The maximum absolute atomic E-state index is 12.7. The highest BCUT2D eigenvalue weighted by Gasteiger charge is 2.28. The van der Waals surface area contributed by atoms with Gasteiger partial charge < -0.3 is 24.6 Å². The van der Waals surface area contributed by atoms with Gasteiger partial charge in [0.1, 0.15) is 6.26 Å². The molecule has 158 valence electrons. The predicted molar refractivity (Wildman–Crippen MR) is 113 cm³/mol. The van der Waals surface area contributed by atoms with Crippen molar-refractivity contribution < 1.29 is 14.1 Å². The van der Waals surface area contributed by atoms with Crippen LogP contribution in [-0.2, 0) is 17.8 Å². The summed E-state index contributed by atoms with van der Waals surface area (Å²) in [5, 5.41) is 8.27. The Morgan fingerprint density at radius 1 is 1.40 bits per heavy atom. The maximum atomic E-state index is 12.7. The number of halogens is 1. The van der Waals surface area contributed by atoms with Crippen LogP contribution in [0.1, 0.15) is 24.1 Å². The number of likely N-dealkylation sites (tertiary alicyclic amines) is 1. The average Bonchev–Trinajstić information content (AvgIpc) is 3.40. The van der Waals surface area contributed by atoms with Gasteiger partial charge in [-0.05, 0) is 37.1 Å². The molecule has 1 fully saturated rings. The number of amides is 3. The van der Waals surface area contributed by atoms with E-state index in [1.807, 2.05) is 29.2 Å². The van der Waals surface area contributed by atoms with E-state index in [0.717, 1.165) is 35.0 Å². The fourth-order valence-electron chi connectivity index (χ4n) is 3.82. The van der Waals surface area contributed by atoms with E-state index in [-0.39, 0.29) is 24.4 Å². The monoisotopic (exact) mass is 429 g/mol. The highest BCUT2D eigenvalue weighted by Crippen LogP contribution is 2.20. The molecule has 1 aliphatic rings. The first-order valence-electron chi connectivity index (χ1n) is 9.93. The zero-order chi connectivity index (χ0) is 21.1. The van der Waals surface area contributed by atoms with Gasteiger partial charge >= 0.3 is 6.03 Å². The molecule has 9 heteroatoms. The molecule has 4 rings (SSSR count). The van der Waals surface area contributed by atoms with E-state index >= 15 is 0 Å². The van der Waals surface area contributed by atoms with Crippen LogP contribution in [0.2, 0.25) is 5.02 Å². The third-order valence-electron chi connectivity index (χ3n) is 5.52. The SMILES string of the molecule is CN(C(=O)NCc1cc2cc(Cl)ccc2[nH]1)[C@@H]1CCCN(C(=O)Cc2cnoc2)C1. The fraction of sp³-hybridized carbons (Fsp3) is 0.381. The van der Waals surface area contributed by atoms with E-state index in [2.05, 4.69) is 15.5 Å². The second-order valence-electron chi connectivity index (χ2n) is 7.64. The number of aromatic amines is 1. The summed E-state index contributed by atoms with van der Waals surface area (Å²) < 4.78 is 4.79. The summed E-state index contributed by atoms with van der Waals surface area (Å²) in [5.41, 5.74) is 2.64. The molecular formula is C21H24ClN5O3. The molecule has 3 heterocycles. The number of rotatable bonds is 5. The molecule has 1 aromatic carbocycles. The Morgan fingerprint density at radius 2 is 2.27 bits per heavy atom. The first-order valence-corrected chi connectivity index (χ1v) is 10.3. The Morgan fingerprint density at radius 3 is 3.07 bits per heavy atom. The first-order chi connectivity index (χ1) is 14.5. The number of hydrogen-bond acceptors (Lipinski definition) is 4. The number of urea groups is 1. The quantitative estimate of drug-likeness (QED) is 0.651. The lowest BCUT2D eigenvalue weighted by molar-refractivity contribution is -0.132. The van der Waals surface area contributed by atoms with Crippen LogP contribution < -0.4 is 5.32 Å². The Labute approximate surface area is 179 Å². The molecule has 0 saturated carbocycles. The normalized spacial score (nSPS) is 16.6. The van der Waals surface area contributed by atoms with Crippen LogP contribution in [0.4, 0.5) is 4.79 Å². The number of benzene rings is 1. The van der Waals surface area contributed by atoms with Gasteiger partial charge in [-0.15, -0.1) is 0 Å². The minimum absolute atomic E-state index is 0.0216. The number of carbonyl (C=O) groups excluding carboxylic acids is 2. The smallest absolute Gasteiger partial charge is 0.317 e. The molecule has 0 unspecified atom stereocenters. The number of fused-ring (bicyclic) bond motifs is 1. The summed E-state index contributed by atoms with van der Waals surface area (Å²) in [6.45, 7) is 1.62. The standard InChI is InChI=1S/C21H24ClN5O3/c1-26(18-3-2-6-27(12-18)20(28)7-14-10-24-30-13-14)21(29)23-11-17-9-15-8-16(22)4-5-19(15)25-17/h4-5,8-10,13,18,25H,2-3,6-7,11-12H2,1H3,(H,23,29)/t18-/m1/s1. The van der Waals surface area contributed by atoms with Gasteiger partial charge in [0, 0.05) is 47.3 Å².